The maximum Gasteiger partial charge on any atom is 0.328 e. The zero-order chi connectivity index (χ0) is 15.6. The number of nitrogens with two attached hydrogens (primary N) is 1. The Kier molecular flexibility index (Phi) is 4.35. The highest BCUT2D eigenvalue weighted by Crippen LogP contribution is 2.31. The zero-order valence-electron chi connectivity index (χ0n) is 10.5. The van der Waals surface area contributed by atoms with E-state index in [0.29, 0.717) is 5.02 Å². The Morgan fingerprint density at radius 2 is 2.05 bits per heavy atom. The lowest BCUT2D eigenvalue weighted by molar-refractivity contribution is -0.116. The molecule has 0 aliphatic carbocycles. The molecule has 110 valence electrons. The Labute approximate surface area is 128 Å². The van der Waals surface area contributed by atoms with Crippen molar-refractivity contribution in [1.29, 1.82) is 0 Å². The van der Waals surface area contributed by atoms with E-state index >= 15 is 0 Å². The van der Waals surface area contributed by atoms with E-state index in [1.807, 2.05) is 4.98 Å². The van der Waals surface area contributed by atoms with Crippen LogP contribution in [-0.4, -0.2) is 15.5 Å². The van der Waals surface area contributed by atoms with Crippen LogP contribution in [0.25, 0.3) is 0 Å². The molecule has 0 spiro atoms. The van der Waals surface area contributed by atoms with Crippen molar-refractivity contribution in [2.24, 2.45) is 0 Å². The quantitative estimate of drug-likeness (QED) is 0.732. The first kappa shape index (κ1) is 15.1. The summed E-state index contributed by atoms with van der Waals surface area (Å²) in [6, 6.07) is 4.01. The van der Waals surface area contributed by atoms with Crippen molar-refractivity contribution >= 4 is 40.5 Å². The molecule has 1 aromatic heterocycles. The van der Waals surface area contributed by atoms with E-state index in [4.69, 9.17) is 28.9 Å². The average molecular weight is 329 g/mol. The molecule has 0 bridgehead atoms. The third-order valence-electron chi connectivity index (χ3n) is 2.56. The summed E-state index contributed by atoms with van der Waals surface area (Å²) in [5.74, 6) is -0.528. The lowest BCUT2D eigenvalue weighted by atomic mass is 10.2. The normalized spacial score (nSPS) is 10.4. The molecule has 0 aliphatic rings. The number of nitrogen functional groups attached to an aromatic ring is 1. The Hall–Kier alpha value is -2.25. The van der Waals surface area contributed by atoms with E-state index in [2.05, 4.69) is 5.32 Å². The first-order chi connectivity index (χ1) is 9.86. The van der Waals surface area contributed by atoms with Crippen LogP contribution in [0.3, 0.4) is 0 Å². The van der Waals surface area contributed by atoms with Gasteiger partial charge in [-0.2, -0.15) is 0 Å². The average Bonchev–Trinajstić information content (AvgIpc) is 2.37. The maximum absolute atomic E-state index is 11.9. The fraction of sp³-hybridized carbons (Fsp3) is 0.0833. The van der Waals surface area contributed by atoms with Gasteiger partial charge in [0.25, 0.3) is 5.56 Å². The van der Waals surface area contributed by atoms with Gasteiger partial charge in [-0.3, -0.25) is 19.1 Å². The smallest absolute Gasteiger partial charge is 0.328 e. The molecular formula is C12H10Cl2N4O3. The number of amides is 1. The summed E-state index contributed by atoms with van der Waals surface area (Å²) in [7, 11) is 0. The van der Waals surface area contributed by atoms with Crippen molar-refractivity contribution in [3.8, 4) is 0 Å². The fourth-order valence-electron chi connectivity index (χ4n) is 1.63. The van der Waals surface area contributed by atoms with Crippen LogP contribution in [0, 0.1) is 0 Å². The summed E-state index contributed by atoms with van der Waals surface area (Å²) in [5, 5.41) is 3.01. The van der Waals surface area contributed by atoms with Gasteiger partial charge in [0, 0.05) is 17.3 Å². The molecule has 21 heavy (non-hydrogen) atoms. The molecule has 0 aliphatic heterocycles. The molecule has 7 nitrogen and oxygen atoms in total. The lowest BCUT2D eigenvalue weighted by Gasteiger charge is -2.11. The summed E-state index contributed by atoms with van der Waals surface area (Å²) < 4.78 is 1.04. The van der Waals surface area contributed by atoms with E-state index < -0.39 is 17.2 Å². The van der Waals surface area contributed by atoms with Crippen LogP contribution >= 0.6 is 23.2 Å². The van der Waals surface area contributed by atoms with Crippen LogP contribution in [0.5, 0.6) is 0 Å². The molecule has 1 amide bonds. The molecule has 0 fully saturated rings. The van der Waals surface area contributed by atoms with Crippen molar-refractivity contribution < 1.29 is 4.79 Å². The van der Waals surface area contributed by atoms with Crippen molar-refractivity contribution in [1.82, 2.24) is 9.55 Å². The van der Waals surface area contributed by atoms with Gasteiger partial charge in [0.2, 0.25) is 5.91 Å². The minimum Gasteiger partial charge on any atom is -0.397 e. The molecule has 0 radical (unpaired) electrons. The maximum atomic E-state index is 11.9. The van der Waals surface area contributed by atoms with E-state index in [-0.39, 0.29) is 22.9 Å². The van der Waals surface area contributed by atoms with E-state index in [1.54, 1.807) is 0 Å². The molecule has 2 aromatic rings. The molecule has 2 rings (SSSR count). The minimum absolute atomic E-state index is 0.183. The van der Waals surface area contributed by atoms with Gasteiger partial charge in [0.15, 0.2) is 0 Å². The highest BCUT2D eigenvalue weighted by atomic mass is 35.5. The number of benzene rings is 1. The predicted octanol–water partition coefficient (Wildman–Crippen LogP) is 1.06. The van der Waals surface area contributed by atoms with E-state index in [9.17, 15) is 14.4 Å². The largest absolute Gasteiger partial charge is 0.397 e. The van der Waals surface area contributed by atoms with Crippen molar-refractivity contribution in [3.63, 3.8) is 0 Å². The van der Waals surface area contributed by atoms with Crippen LogP contribution in [-0.2, 0) is 11.3 Å². The summed E-state index contributed by atoms with van der Waals surface area (Å²) in [4.78, 5) is 36.3. The third-order valence-corrected chi connectivity index (χ3v) is 3.08. The second-order valence-corrected chi connectivity index (χ2v) is 4.98. The number of aromatic nitrogens is 2. The minimum atomic E-state index is -0.687. The Balaban J connectivity index is 2.19. The van der Waals surface area contributed by atoms with Gasteiger partial charge in [-0.05, 0) is 12.1 Å². The lowest BCUT2D eigenvalue weighted by Crippen LogP contribution is -2.32. The number of nitrogens with one attached hydrogen (secondary N) is 2. The third kappa shape index (κ3) is 3.65. The molecule has 0 atom stereocenters. The molecule has 0 unspecified atom stereocenters. The molecule has 9 heteroatoms. The summed E-state index contributed by atoms with van der Waals surface area (Å²) in [5.41, 5.74) is 4.90. The van der Waals surface area contributed by atoms with Crippen LogP contribution in [0.4, 0.5) is 11.4 Å². The van der Waals surface area contributed by atoms with Crippen LogP contribution < -0.4 is 22.3 Å². The van der Waals surface area contributed by atoms with Gasteiger partial charge in [0.05, 0.1) is 16.4 Å². The zero-order valence-corrected chi connectivity index (χ0v) is 12.0. The van der Waals surface area contributed by atoms with Crippen molar-refractivity contribution in [2.75, 3.05) is 11.1 Å². The number of carbonyl (C=O) groups excluding carboxylic acids is 1. The van der Waals surface area contributed by atoms with Crippen LogP contribution in [0.1, 0.15) is 0 Å². The second-order valence-electron chi connectivity index (χ2n) is 4.14. The SMILES string of the molecule is Nc1cc(Cl)cc(Cl)c1NC(=O)Cn1ccc(=O)[nH]c1=O. The van der Waals surface area contributed by atoms with Gasteiger partial charge in [0.1, 0.15) is 6.54 Å². The Bertz CT molecular complexity index is 790. The van der Waals surface area contributed by atoms with Crippen molar-refractivity contribution in [3.05, 3.63) is 55.3 Å². The van der Waals surface area contributed by atoms with Gasteiger partial charge >= 0.3 is 5.69 Å². The summed E-state index contributed by atoms with van der Waals surface area (Å²) in [6.07, 6.45) is 1.22. The first-order valence-corrected chi connectivity index (χ1v) is 6.46. The number of rotatable bonds is 3. The first-order valence-electron chi connectivity index (χ1n) is 5.71. The number of hydrogen-bond acceptors (Lipinski definition) is 4. The van der Waals surface area contributed by atoms with Crippen LogP contribution in [0.2, 0.25) is 10.0 Å². The predicted molar refractivity (Wildman–Crippen MR) is 80.8 cm³/mol. The number of halogens is 2. The van der Waals surface area contributed by atoms with E-state index in [1.165, 1.54) is 18.3 Å². The Morgan fingerprint density at radius 1 is 1.33 bits per heavy atom. The molecule has 1 heterocycles. The molecular weight excluding hydrogens is 319 g/mol. The van der Waals surface area contributed by atoms with Gasteiger partial charge in [-0.1, -0.05) is 23.2 Å². The number of nitrogens with zero attached hydrogens (tertiary/aromatic N) is 1. The second kappa shape index (κ2) is 6.02. The highest BCUT2D eigenvalue weighted by molar-refractivity contribution is 6.37. The standard InChI is InChI=1S/C12H10Cl2N4O3/c13-6-3-7(14)11(8(15)4-6)16-10(20)5-18-2-1-9(19)17-12(18)21/h1-4H,5,15H2,(H,16,20)(H,17,19,21). The topological polar surface area (TPSA) is 110 Å². The molecule has 0 saturated heterocycles. The molecule has 0 saturated carbocycles. The molecule has 1 aromatic carbocycles. The van der Waals surface area contributed by atoms with Gasteiger partial charge < -0.3 is 11.1 Å². The fourth-order valence-corrected chi connectivity index (χ4v) is 2.18. The summed E-state index contributed by atoms with van der Waals surface area (Å²) in [6.45, 7) is -0.298. The monoisotopic (exact) mass is 328 g/mol. The molecule has 4 N–H and O–H groups in total. The van der Waals surface area contributed by atoms with Gasteiger partial charge in [-0.25, -0.2) is 4.79 Å². The number of H-pyrrole nitrogens is 1. The highest BCUT2D eigenvalue weighted by Gasteiger charge is 2.11. The number of carbonyl (C=O) groups is 1. The van der Waals surface area contributed by atoms with E-state index in [0.717, 1.165) is 10.6 Å². The number of hydrogen-bond donors (Lipinski definition) is 3. The summed E-state index contributed by atoms with van der Waals surface area (Å²) >= 11 is 11.7. The number of anilines is 2. The Morgan fingerprint density at radius 3 is 2.67 bits per heavy atom. The number of aromatic amines is 1. The van der Waals surface area contributed by atoms with Gasteiger partial charge in [-0.15, -0.1) is 0 Å². The van der Waals surface area contributed by atoms with Crippen LogP contribution in [0.15, 0.2) is 34.0 Å². The van der Waals surface area contributed by atoms with Crippen molar-refractivity contribution in [2.45, 2.75) is 6.54 Å².